The maximum absolute atomic E-state index is 11.8. The standard InChI is InChI=1S/C14H22N2O/c1-10-7-5-6-8-12(10)11(2)16-13(17)9-14(3,4)15/h5-8,11H,9,15H2,1-4H3,(H,16,17)/t11-/m0/s1. The molecular formula is C14H22N2O. The van der Waals surface area contributed by atoms with Crippen LogP contribution in [0.3, 0.4) is 0 Å². The number of hydrogen-bond donors (Lipinski definition) is 2. The Morgan fingerprint density at radius 1 is 1.41 bits per heavy atom. The Hall–Kier alpha value is -1.35. The molecule has 17 heavy (non-hydrogen) atoms. The molecule has 0 radical (unpaired) electrons. The first-order chi connectivity index (χ1) is 7.79. The maximum atomic E-state index is 11.8. The molecule has 1 atom stereocenters. The molecule has 3 heteroatoms. The van der Waals surface area contributed by atoms with Crippen LogP contribution in [0.25, 0.3) is 0 Å². The number of carbonyl (C=O) groups excluding carboxylic acids is 1. The van der Waals surface area contributed by atoms with Gasteiger partial charge in [-0.3, -0.25) is 4.79 Å². The second-order valence-corrected chi connectivity index (χ2v) is 5.31. The van der Waals surface area contributed by atoms with Crippen molar-refractivity contribution in [3.8, 4) is 0 Å². The van der Waals surface area contributed by atoms with Crippen molar-refractivity contribution in [2.24, 2.45) is 5.73 Å². The summed E-state index contributed by atoms with van der Waals surface area (Å²) in [7, 11) is 0. The monoisotopic (exact) mass is 234 g/mol. The van der Waals surface area contributed by atoms with Crippen LogP contribution in [0.5, 0.6) is 0 Å². The van der Waals surface area contributed by atoms with Crippen LogP contribution < -0.4 is 11.1 Å². The van der Waals surface area contributed by atoms with Gasteiger partial charge in [-0.05, 0) is 38.8 Å². The highest BCUT2D eigenvalue weighted by Crippen LogP contribution is 2.17. The quantitative estimate of drug-likeness (QED) is 0.840. The lowest BCUT2D eigenvalue weighted by molar-refractivity contribution is -0.122. The lowest BCUT2D eigenvalue weighted by Gasteiger charge is -2.21. The number of nitrogens with two attached hydrogens (primary N) is 1. The lowest BCUT2D eigenvalue weighted by Crippen LogP contribution is -2.39. The summed E-state index contributed by atoms with van der Waals surface area (Å²) in [4.78, 5) is 11.8. The second-order valence-electron chi connectivity index (χ2n) is 5.31. The molecule has 1 rings (SSSR count). The van der Waals surface area contributed by atoms with Crippen molar-refractivity contribution in [3.05, 3.63) is 35.4 Å². The molecule has 0 aromatic heterocycles. The summed E-state index contributed by atoms with van der Waals surface area (Å²) < 4.78 is 0. The summed E-state index contributed by atoms with van der Waals surface area (Å²) in [5.41, 5.74) is 7.69. The van der Waals surface area contributed by atoms with E-state index in [0.717, 1.165) is 5.56 Å². The highest BCUT2D eigenvalue weighted by Gasteiger charge is 2.18. The number of hydrogen-bond acceptors (Lipinski definition) is 2. The van der Waals surface area contributed by atoms with Crippen molar-refractivity contribution in [2.75, 3.05) is 0 Å². The SMILES string of the molecule is Cc1ccccc1[C@H](C)NC(=O)CC(C)(C)N. The number of carbonyl (C=O) groups is 1. The molecule has 94 valence electrons. The van der Waals surface area contributed by atoms with E-state index in [0.29, 0.717) is 6.42 Å². The molecule has 0 saturated heterocycles. The summed E-state index contributed by atoms with van der Waals surface area (Å²) in [6.07, 6.45) is 0.337. The fourth-order valence-electron chi connectivity index (χ4n) is 1.86. The molecule has 0 unspecified atom stereocenters. The first kappa shape index (κ1) is 13.7. The normalized spacial score (nSPS) is 13.2. The largest absolute Gasteiger partial charge is 0.350 e. The highest BCUT2D eigenvalue weighted by molar-refractivity contribution is 5.77. The molecule has 0 saturated carbocycles. The molecule has 0 aliphatic rings. The number of nitrogens with one attached hydrogen (secondary N) is 1. The third kappa shape index (κ3) is 4.57. The Kier molecular flexibility index (Phi) is 4.29. The average molecular weight is 234 g/mol. The second kappa shape index (κ2) is 5.32. The fourth-order valence-corrected chi connectivity index (χ4v) is 1.86. The van der Waals surface area contributed by atoms with Gasteiger partial charge in [0.1, 0.15) is 0 Å². The van der Waals surface area contributed by atoms with Crippen LogP contribution in [0.15, 0.2) is 24.3 Å². The minimum Gasteiger partial charge on any atom is -0.350 e. The van der Waals surface area contributed by atoms with Crippen LogP contribution in [-0.2, 0) is 4.79 Å². The van der Waals surface area contributed by atoms with E-state index in [-0.39, 0.29) is 11.9 Å². The first-order valence-corrected chi connectivity index (χ1v) is 5.93. The minimum atomic E-state index is -0.463. The van der Waals surface area contributed by atoms with Crippen molar-refractivity contribution in [2.45, 2.75) is 45.7 Å². The lowest BCUT2D eigenvalue weighted by atomic mass is 10.00. The van der Waals surface area contributed by atoms with E-state index in [1.807, 2.05) is 52.0 Å². The van der Waals surface area contributed by atoms with Crippen LogP contribution >= 0.6 is 0 Å². The van der Waals surface area contributed by atoms with Crippen LogP contribution in [0, 0.1) is 6.92 Å². The summed E-state index contributed by atoms with van der Waals surface area (Å²) in [6, 6.07) is 8.08. The Morgan fingerprint density at radius 3 is 2.53 bits per heavy atom. The van der Waals surface area contributed by atoms with Gasteiger partial charge in [-0.1, -0.05) is 24.3 Å². The number of rotatable bonds is 4. The number of aryl methyl sites for hydroxylation is 1. The van der Waals surface area contributed by atoms with Crippen molar-refractivity contribution < 1.29 is 4.79 Å². The molecule has 1 amide bonds. The molecule has 0 aliphatic carbocycles. The van der Waals surface area contributed by atoms with E-state index < -0.39 is 5.54 Å². The van der Waals surface area contributed by atoms with Crippen LogP contribution in [0.4, 0.5) is 0 Å². The molecule has 3 N–H and O–H groups in total. The molecule has 0 fully saturated rings. The van der Waals surface area contributed by atoms with Crippen LogP contribution in [0.2, 0.25) is 0 Å². The zero-order valence-corrected chi connectivity index (χ0v) is 11.1. The first-order valence-electron chi connectivity index (χ1n) is 5.93. The third-order valence-electron chi connectivity index (χ3n) is 2.65. The zero-order chi connectivity index (χ0) is 13.1. The molecular weight excluding hydrogens is 212 g/mol. The fraction of sp³-hybridized carbons (Fsp3) is 0.500. The Balaban J connectivity index is 2.64. The van der Waals surface area contributed by atoms with E-state index in [4.69, 9.17) is 5.73 Å². The predicted molar refractivity (Wildman–Crippen MR) is 70.6 cm³/mol. The van der Waals surface area contributed by atoms with E-state index in [1.54, 1.807) is 0 Å². The number of benzene rings is 1. The van der Waals surface area contributed by atoms with Crippen molar-refractivity contribution in [3.63, 3.8) is 0 Å². The molecule has 0 heterocycles. The van der Waals surface area contributed by atoms with E-state index in [1.165, 1.54) is 5.56 Å². The zero-order valence-electron chi connectivity index (χ0n) is 11.1. The maximum Gasteiger partial charge on any atom is 0.222 e. The topological polar surface area (TPSA) is 55.1 Å². The van der Waals surface area contributed by atoms with Gasteiger partial charge in [-0.15, -0.1) is 0 Å². The van der Waals surface area contributed by atoms with Gasteiger partial charge in [0.2, 0.25) is 5.91 Å². The van der Waals surface area contributed by atoms with Gasteiger partial charge in [-0.2, -0.15) is 0 Å². The van der Waals surface area contributed by atoms with Gasteiger partial charge in [0.25, 0.3) is 0 Å². The van der Waals surface area contributed by atoms with Crippen molar-refractivity contribution >= 4 is 5.91 Å². The smallest absolute Gasteiger partial charge is 0.222 e. The summed E-state index contributed by atoms with van der Waals surface area (Å²) >= 11 is 0. The van der Waals surface area contributed by atoms with E-state index in [9.17, 15) is 4.79 Å². The highest BCUT2D eigenvalue weighted by atomic mass is 16.1. The van der Waals surface area contributed by atoms with Crippen LogP contribution in [0.1, 0.15) is 44.4 Å². The van der Waals surface area contributed by atoms with Gasteiger partial charge in [0.05, 0.1) is 6.04 Å². The Labute approximate surface area is 103 Å². The number of amides is 1. The minimum absolute atomic E-state index is 0.00625. The molecule has 0 aliphatic heterocycles. The van der Waals surface area contributed by atoms with Gasteiger partial charge in [-0.25, -0.2) is 0 Å². The summed E-state index contributed by atoms with van der Waals surface area (Å²) in [5.74, 6) is -0.00625. The molecule has 0 bridgehead atoms. The molecule has 1 aromatic carbocycles. The molecule has 1 aromatic rings. The van der Waals surface area contributed by atoms with Crippen molar-refractivity contribution in [1.29, 1.82) is 0 Å². The third-order valence-corrected chi connectivity index (χ3v) is 2.65. The predicted octanol–water partition coefficient (Wildman–Crippen LogP) is 2.30. The van der Waals surface area contributed by atoms with Gasteiger partial charge in [0, 0.05) is 12.0 Å². The summed E-state index contributed by atoms with van der Waals surface area (Å²) in [6.45, 7) is 7.74. The van der Waals surface area contributed by atoms with E-state index in [2.05, 4.69) is 5.32 Å². The van der Waals surface area contributed by atoms with Gasteiger partial charge < -0.3 is 11.1 Å². The molecule has 0 spiro atoms. The van der Waals surface area contributed by atoms with Crippen LogP contribution in [-0.4, -0.2) is 11.4 Å². The molecule has 3 nitrogen and oxygen atoms in total. The van der Waals surface area contributed by atoms with E-state index >= 15 is 0 Å². The van der Waals surface area contributed by atoms with Gasteiger partial charge in [0.15, 0.2) is 0 Å². The van der Waals surface area contributed by atoms with Gasteiger partial charge >= 0.3 is 0 Å². The Bertz CT molecular complexity index is 393. The average Bonchev–Trinajstić information content (AvgIpc) is 2.14. The summed E-state index contributed by atoms with van der Waals surface area (Å²) in [5, 5.41) is 2.97. The van der Waals surface area contributed by atoms with Crippen molar-refractivity contribution in [1.82, 2.24) is 5.32 Å². The Morgan fingerprint density at radius 2 is 2.00 bits per heavy atom.